The van der Waals surface area contributed by atoms with Crippen LogP contribution in [0.2, 0.25) is 5.02 Å². The molecule has 3 rings (SSSR count). The lowest BCUT2D eigenvalue weighted by molar-refractivity contribution is 1.11. The molecular formula is C14H11BrClN3. The first-order valence-electron chi connectivity index (χ1n) is 5.77. The molecule has 1 aromatic heterocycles. The van der Waals surface area contributed by atoms with E-state index in [1.54, 1.807) is 0 Å². The number of aryl methyl sites for hydroxylation is 1. The van der Waals surface area contributed by atoms with Crippen molar-refractivity contribution in [3.63, 3.8) is 0 Å². The van der Waals surface area contributed by atoms with Crippen molar-refractivity contribution in [2.24, 2.45) is 0 Å². The molecule has 0 aliphatic heterocycles. The summed E-state index contributed by atoms with van der Waals surface area (Å²) in [5, 5.41) is 0.669. The number of imidazole rings is 1. The Kier molecular flexibility index (Phi) is 2.99. The minimum Gasteiger partial charge on any atom is -0.369 e. The predicted octanol–water partition coefficient (Wildman–Crippen LogP) is 4.33. The van der Waals surface area contributed by atoms with Gasteiger partial charge >= 0.3 is 0 Å². The molecule has 19 heavy (non-hydrogen) atoms. The molecule has 0 amide bonds. The summed E-state index contributed by atoms with van der Waals surface area (Å²) in [6, 6.07) is 11.7. The molecule has 0 radical (unpaired) electrons. The highest BCUT2D eigenvalue weighted by Crippen LogP contribution is 2.29. The number of aromatic nitrogens is 2. The lowest BCUT2D eigenvalue weighted by atomic mass is 10.2. The lowest BCUT2D eigenvalue weighted by Crippen LogP contribution is -2.00. The number of benzene rings is 2. The van der Waals surface area contributed by atoms with Gasteiger partial charge in [0.25, 0.3) is 0 Å². The minimum absolute atomic E-state index is 0.471. The highest BCUT2D eigenvalue weighted by molar-refractivity contribution is 9.10. The fourth-order valence-electron chi connectivity index (χ4n) is 2.15. The van der Waals surface area contributed by atoms with E-state index in [2.05, 4.69) is 20.9 Å². The Morgan fingerprint density at radius 1 is 1.26 bits per heavy atom. The van der Waals surface area contributed by atoms with Crippen molar-refractivity contribution in [3.05, 3.63) is 51.5 Å². The summed E-state index contributed by atoms with van der Waals surface area (Å²) in [4.78, 5) is 4.43. The number of nitrogen functional groups attached to an aromatic ring is 1. The normalized spacial score (nSPS) is 11.1. The second-order valence-corrected chi connectivity index (χ2v) is 5.61. The second kappa shape index (κ2) is 4.54. The molecule has 0 bridgehead atoms. The van der Waals surface area contributed by atoms with Crippen molar-refractivity contribution in [1.82, 2.24) is 9.55 Å². The Morgan fingerprint density at radius 3 is 2.79 bits per heavy atom. The number of halogens is 2. The van der Waals surface area contributed by atoms with Crippen molar-refractivity contribution < 1.29 is 0 Å². The van der Waals surface area contributed by atoms with Gasteiger partial charge in [-0.2, -0.15) is 0 Å². The summed E-state index contributed by atoms with van der Waals surface area (Å²) in [5.41, 5.74) is 10.0. The fourth-order valence-corrected chi connectivity index (χ4v) is 2.64. The zero-order chi connectivity index (χ0) is 13.6. The topological polar surface area (TPSA) is 43.8 Å². The van der Waals surface area contributed by atoms with Crippen LogP contribution in [-0.2, 0) is 0 Å². The Bertz CT molecular complexity index is 780. The first-order chi connectivity index (χ1) is 9.08. The van der Waals surface area contributed by atoms with Gasteiger partial charge in [-0.15, -0.1) is 0 Å². The average molecular weight is 337 g/mol. The van der Waals surface area contributed by atoms with E-state index in [1.165, 1.54) is 0 Å². The molecule has 1 heterocycles. The molecule has 0 atom stereocenters. The van der Waals surface area contributed by atoms with E-state index < -0.39 is 0 Å². The number of fused-ring (bicyclic) bond motifs is 1. The molecule has 0 aliphatic carbocycles. The van der Waals surface area contributed by atoms with E-state index in [-0.39, 0.29) is 0 Å². The zero-order valence-corrected chi connectivity index (χ0v) is 12.5. The van der Waals surface area contributed by atoms with E-state index >= 15 is 0 Å². The van der Waals surface area contributed by atoms with Gasteiger partial charge in [0.2, 0.25) is 5.95 Å². The van der Waals surface area contributed by atoms with E-state index in [1.807, 2.05) is 47.9 Å². The van der Waals surface area contributed by atoms with E-state index in [0.717, 1.165) is 26.8 Å². The van der Waals surface area contributed by atoms with E-state index in [4.69, 9.17) is 17.3 Å². The molecule has 0 aliphatic rings. The largest absolute Gasteiger partial charge is 0.369 e. The number of para-hydroxylation sites is 1. The third kappa shape index (κ3) is 2.01. The van der Waals surface area contributed by atoms with Crippen molar-refractivity contribution in [2.75, 3.05) is 5.73 Å². The number of hydrogen-bond donors (Lipinski definition) is 1. The molecule has 3 aromatic rings. The molecule has 0 unspecified atom stereocenters. The van der Waals surface area contributed by atoms with Crippen molar-refractivity contribution >= 4 is 44.5 Å². The maximum atomic E-state index is 6.05. The molecule has 0 saturated carbocycles. The third-order valence-corrected chi connectivity index (χ3v) is 4.29. The van der Waals surface area contributed by atoms with Crippen LogP contribution in [0.1, 0.15) is 5.56 Å². The Hall–Kier alpha value is -1.52. The van der Waals surface area contributed by atoms with Crippen molar-refractivity contribution in [2.45, 2.75) is 6.92 Å². The summed E-state index contributed by atoms with van der Waals surface area (Å²) in [5.74, 6) is 0.471. The van der Waals surface area contributed by atoms with Crippen LogP contribution in [0, 0.1) is 6.92 Å². The summed E-state index contributed by atoms with van der Waals surface area (Å²) in [6.07, 6.45) is 0. The van der Waals surface area contributed by atoms with Crippen molar-refractivity contribution in [3.8, 4) is 5.69 Å². The fraction of sp³-hybridized carbons (Fsp3) is 0.0714. The number of rotatable bonds is 1. The highest BCUT2D eigenvalue weighted by atomic mass is 79.9. The maximum Gasteiger partial charge on any atom is 0.205 e. The molecule has 2 aromatic carbocycles. The van der Waals surface area contributed by atoms with Gasteiger partial charge in [0.1, 0.15) is 0 Å². The summed E-state index contributed by atoms with van der Waals surface area (Å²) in [6.45, 7) is 2.02. The lowest BCUT2D eigenvalue weighted by Gasteiger charge is -2.08. The zero-order valence-electron chi connectivity index (χ0n) is 10.2. The standard InChI is InChI=1S/C14H11BrClN3/c1-8-3-2-4-12-13(8)18-14(17)19(12)9-5-6-11(16)10(15)7-9/h2-7H,1H3,(H2,17,18). The summed E-state index contributed by atoms with van der Waals surface area (Å²) < 4.78 is 2.75. The third-order valence-electron chi connectivity index (χ3n) is 3.07. The quantitative estimate of drug-likeness (QED) is 0.718. The molecule has 0 spiro atoms. The van der Waals surface area contributed by atoms with Gasteiger partial charge < -0.3 is 5.73 Å². The Balaban J connectivity index is 2.33. The van der Waals surface area contributed by atoms with Gasteiger partial charge in [-0.05, 0) is 52.7 Å². The second-order valence-electron chi connectivity index (χ2n) is 4.35. The van der Waals surface area contributed by atoms with E-state index in [0.29, 0.717) is 11.0 Å². The number of anilines is 1. The molecule has 3 nitrogen and oxygen atoms in total. The highest BCUT2D eigenvalue weighted by Gasteiger charge is 2.12. The predicted molar refractivity (Wildman–Crippen MR) is 82.9 cm³/mol. The van der Waals surface area contributed by atoms with Crippen LogP contribution >= 0.6 is 27.5 Å². The number of hydrogen-bond acceptors (Lipinski definition) is 2. The SMILES string of the molecule is Cc1cccc2c1nc(N)n2-c1ccc(Cl)c(Br)c1. The monoisotopic (exact) mass is 335 g/mol. The number of nitrogens with two attached hydrogens (primary N) is 1. The summed E-state index contributed by atoms with van der Waals surface area (Å²) >= 11 is 9.45. The van der Waals surface area contributed by atoms with Gasteiger partial charge in [0.15, 0.2) is 0 Å². The molecule has 0 saturated heterocycles. The van der Waals surface area contributed by atoms with Crippen LogP contribution in [0.3, 0.4) is 0 Å². The maximum absolute atomic E-state index is 6.05. The van der Waals surface area contributed by atoms with Gasteiger partial charge in [0.05, 0.1) is 21.7 Å². The van der Waals surface area contributed by atoms with E-state index in [9.17, 15) is 0 Å². The molecule has 5 heteroatoms. The Morgan fingerprint density at radius 2 is 2.05 bits per heavy atom. The van der Waals surface area contributed by atoms with Crippen LogP contribution in [0.25, 0.3) is 16.7 Å². The van der Waals surface area contributed by atoms with Crippen LogP contribution in [0.15, 0.2) is 40.9 Å². The van der Waals surface area contributed by atoms with Gasteiger partial charge in [0, 0.05) is 4.47 Å². The summed E-state index contributed by atoms with van der Waals surface area (Å²) in [7, 11) is 0. The smallest absolute Gasteiger partial charge is 0.205 e. The minimum atomic E-state index is 0.471. The van der Waals surface area contributed by atoms with Crippen LogP contribution in [0.5, 0.6) is 0 Å². The average Bonchev–Trinajstić information content (AvgIpc) is 2.71. The Labute approximate surface area is 124 Å². The van der Waals surface area contributed by atoms with Gasteiger partial charge in [-0.25, -0.2) is 4.98 Å². The first-order valence-corrected chi connectivity index (χ1v) is 6.94. The van der Waals surface area contributed by atoms with Gasteiger partial charge in [-0.1, -0.05) is 23.7 Å². The first kappa shape index (κ1) is 12.5. The van der Waals surface area contributed by atoms with Crippen LogP contribution < -0.4 is 5.73 Å². The van der Waals surface area contributed by atoms with Crippen molar-refractivity contribution in [1.29, 1.82) is 0 Å². The molecule has 0 fully saturated rings. The number of nitrogens with zero attached hydrogens (tertiary/aromatic N) is 2. The molecule has 2 N–H and O–H groups in total. The molecule has 96 valence electrons. The van der Waals surface area contributed by atoms with Crippen LogP contribution in [0.4, 0.5) is 5.95 Å². The van der Waals surface area contributed by atoms with Crippen LogP contribution in [-0.4, -0.2) is 9.55 Å². The molecular weight excluding hydrogens is 326 g/mol. The van der Waals surface area contributed by atoms with Gasteiger partial charge in [-0.3, -0.25) is 4.57 Å².